The third kappa shape index (κ3) is 5.17. The van der Waals surface area contributed by atoms with E-state index in [1.165, 1.54) is 0 Å². The van der Waals surface area contributed by atoms with Crippen molar-refractivity contribution in [1.82, 2.24) is 5.32 Å². The van der Waals surface area contributed by atoms with E-state index in [0.717, 1.165) is 33.4 Å². The Balaban J connectivity index is 1.52. The fourth-order valence-corrected chi connectivity index (χ4v) is 4.61. The highest BCUT2D eigenvalue weighted by atomic mass is 19.1. The summed E-state index contributed by atoms with van der Waals surface area (Å²) in [6, 6.07) is 15.7. The zero-order valence-electron chi connectivity index (χ0n) is 19.0. The molecule has 0 aliphatic carbocycles. The van der Waals surface area contributed by atoms with Crippen molar-refractivity contribution in [1.29, 1.82) is 0 Å². The molecule has 5 N–H and O–H groups in total. The molecule has 1 aliphatic rings. The molecule has 2 atom stereocenters. The quantitative estimate of drug-likeness (QED) is 0.454. The molecule has 1 aliphatic heterocycles. The molecule has 0 aromatic heterocycles. The normalized spacial score (nSPS) is 15.9. The maximum Gasteiger partial charge on any atom is 0.237 e. The van der Waals surface area contributed by atoms with Crippen molar-refractivity contribution in [3.05, 3.63) is 93.8 Å². The average molecular weight is 448 g/mol. The minimum absolute atomic E-state index is 0.200. The molecule has 0 saturated carbocycles. The van der Waals surface area contributed by atoms with Crippen LogP contribution < -0.4 is 16.4 Å². The molecule has 1 amide bonds. The lowest BCUT2D eigenvalue weighted by Gasteiger charge is -2.29. The van der Waals surface area contributed by atoms with Crippen LogP contribution in [0.4, 0.5) is 10.1 Å². The van der Waals surface area contributed by atoms with Gasteiger partial charge in [-0.1, -0.05) is 36.4 Å². The van der Waals surface area contributed by atoms with Crippen LogP contribution in [-0.2, 0) is 17.6 Å². The first-order valence-electron chi connectivity index (χ1n) is 11.3. The lowest BCUT2D eigenvalue weighted by atomic mass is 9.92. The average Bonchev–Trinajstić information content (AvgIpc) is 2.77. The summed E-state index contributed by atoms with van der Waals surface area (Å²) in [6.45, 7) is 4.36. The molecule has 3 aromatic carbocycles. The lowest BCUT2D eigenvalue weighted by molar-refractivity contribution is -0.123. The number of phenolic OH excluding ortho intramolecular Hbond substituents is 1. The first kappa shape index (κ1) is 22.8. The number of halogens is 1. The van der Waals surface area contributed by atoms with Gasteiger partial charge in [0.05, 0.1) is 17.8 Å². The Morgan fingerprint density at radius 1 is 1.15 bits per heavy atom. The predicted octanol–water partition coefficient (Wildman–Crippen LogP) is 4.28. The summed E-state index contributed by atoms with van der Waals surface area (Å²) in [7, 11) is 0. The van der Waals surface area contributed by atoms with Crippen LogP contribution in [0.5, 0.6) is 5.75 Å². The molecule has 0 saturated heterocycles. The van der Waals surface area contributed by atoms with E-state index in [1.54, 1.807) is 18.2 Å². The lowest BCUT2D eigenvalue weighted by Crippen LogP contribution is -2.45. The van der Waals surface area contributed by atoms with E-state index in [-0.39, 0.29) is 23.5 Å². The van der Waals surface area contributed by atoms with Crippen molar-refractivity contribution in [2.24, 2.45) is 5.73 Å². The van der Waals surface area contributed by atoms with Gasteiger partial charge in [0.15, 0.2) is 0 Å². The number of benzene rings is 3. The van der Waals surface area contributed by atoms with Gasteiger partial charge in [0.25, 0.3) is 0 Å². The number of nitrogens with two attached hydrogens (primary N) is 1. The molecule has 2 unspecified atom stereocenters. The largest absolute Gasteiger partial charge is 0.508 e. The highest BCUT2D eigenvalue weighted by molar-refractivity contribution is 5.82. The van der Waals surface area contributed by atoms with Gasteiger partial charge in [0.1, 0.15) is 11.6 Å². The van der Waals surface area contributed by atoms with E-state index in [1.807, 2.05) is 50.2 Å². The van der Waals surface area contributed by atoms with Gasteiger partial charge in [-0.3, -0.25) is 4.79 Å². The minimum Gasteiger partial charge on any atom is -0.508 e. The standard InChI is InChI=1S/C27H30FN3O2/c1-16-10-20(32)11-17(2)21(16)15-24(29)27(33)31-25-8-9-30-26-22(25)13-19(14-23(26)28)12-18-6-4-3-5-7-18/h3-7,10-11,13-14,24-25,30,32H,8-9,12,15,29H2,1-2H3,(H,31,33). The van der Waals surface area contributed by atoms with Gasteiger partial charge >= 0.3 is 0 Å². The van der Waals surface area contributed by atoms with Gasteiger partial charge in [-0.15, -0.1) is 0 Å². The van der Waals surface area contributed by atoms with Crippen molar-refractivity contribution in [2.75, 3.05) is 11.9 Å². The number of anilines is 1. The molecule has 0 spiro atoms. The monoisotopic (exact) mass is 447 g/mol. The van der Waals surface area contributed by atoms with Crippen LogP contribution in [-0.4, -0.2) is 23.6 Å². The summed E-state index contributed by atoms with van der Waals surface area (Å²) in [5.41, 5.74) is 12.2. The van der Waals surface area contributed by atoms with Crippen LogP contribution in [0.2, 0.25) is 0 Å². The number of carbonyl (C=O) groups excluding carboxylic acids is 1. The zero-order valence-corrected chi connectivity index (χ0v) is 19.0. The SMILES string of the molecule is Cc1cc(O)cc(C)c1CC(N)C(=O)NC1CCNc2c(F)cc(Cc3ccccc3)cc21. The topological polar surface area (TPSA) is 87.4 Å². The Labute approximate surface area is 193 Å². The van der Waals surface area contributed by atoms with Gasteiger partial charge in [-0.05, 0) is 79.1 Å². The predicted molar refractivity (Wildman–Crippen MR) is 129 cm³/mol. The second kappa shape index (κ2) is 9.63. The van der Waals surface area contributed by atoms with Crippen LogP contribution in [0.1, 0.15) is 45.8 Å². The van der Waals surface area contributed by atoms with Crippen LogP contribution in [0.3, 0.4) is 0 Å². The third-order valence-corrected chi connectivity index (χ3v) is 6.30. The molecular formula is C27H30FN3O2. The van der Waals surface area contributed by atoms with Gasteiger partial charge in [-0.25, -0.2) is 4.39 Å². The molecule has 0 radical (unpaired) electrons. The van der Waals surface area contributed by atoms with Crippen LogP contribution in [0.15, 0.2) is 54.6 Å². The van der Waals surface area contributed by atoms with Crippen LogP contribution in [0.25, 0.3) is 0 Å². The Kier molecular flexibility index (Phi) is 6.65. The highest BCUT2D eigenvalue weighted by Gasteiger charge is 2.27. The van der Waals surface area contributed by atoms with Crippen molar-refractivity contribution in [2.45, 2.75) is 45.2 Å². The minimum atomic E-state index is -0.748. The number of aryl methyl sites for hydroxylation is 2. The zero-order chi connectivity index (χ0) is 23.5. The molecule has 33 heavy (non-hydrogen) atoms. The van der Waals surface area contributed by atoms with Crippen LogP contribution >= 0.6 is 0 Å². The Bertz CT molecular complexity index is 1140. The molecule has 0 fully saturated rings. The van der Waals surface area contributed by atoms with Gasteiger partial charge in [-0.2, -0.15) is 0 Å². The maximum atomic E-state index is 14.9. The van der Waals surface area contributed by atoms with Crippen molar-refractivity contribution < 1.29 is 14.3 Å². The second-order valence-electron chi connectivity index (χ2n) is 8.85. The van der Waals surface area contributed by atoms with E-state index >= 15 is 0 Å². The Morgan fingerprint density at radius 3 is 2.55 bits per heavy atom. The molecule has 0 bridgehead atoms. The van der Waals surface area contributed by atoms with E-state index in [2.05, 4.69) is 10.6 Å². The van der Waals surface area contributed by atoms with E-state index in [0.29, 0.717) is 31.5 Å². The van der Waals surface area contributed by atoms with Crippen molar-refractivity contribution in [3.8, 4) is 5.75 Å². The number of hydrogen-bond acceptors (Lipinski definition) is 4. The first-order valence-corrected chi connectivity index (χ1v) is 11.3. The summed E-state index contributed by atoms with van der Waals surface area (Å²) < 4.78 is 14.9. The molecule has 3 aromatic rings. The smallest absolute Gasteiger partial charge is 0.237 e. The number of amides is 1. The van der Waals surface area contributed by atoms with E-state index in [4.69, 9.17) is 5.73 Å². The fraction of sp³-hybridized carbons (Fsp3) is 0.296. The van der Waals surface area contributed by atoms with Crippen molar-refractivity contribution in [3.63, 3.8) is 0 Å². The molecule has 1 heterocycles. The van der Waals surface area contributed by atoms with Crippen LogP contribution in [0, 0.1) is 19.7 Å². The Hall–Kier alpha value is -3.38. The summed E-state index contributed by atoms with van der Waals surface area (Å²) in [5.74, 6) is -0.378. The third-order valence-electron chi connectivity index (χ3n) is 6.30. The second-order valence-corrected chi connectivity index (χ2v) is 8.85. The van der Waals surface area contributed by atoms with E-state index < -0.39 is 6.04 Å². The first-order chi connectivity index (χ1) is 15.8. The summed E-state index contributed by atoms with van der Waals surface area (Å²) in [6.07, 6.45) is 1.63. The number of carbonyl (C=O) groups is 1. The Morgan fingerprint density at radius 2 is 1.85 bits per heavy atom. The maximum absolute atomic E-state index is 14.9. The van der Waals surface area contributed by atoms with E-state index in [9.17, 15) is 14.3 Å². The molecule has 5 nitrogen and oxygen atoms in total. The number of nitrogens with one attached hydrogen (secondary N) is 2. The van der Waals surface area contributed by atoms with Gasteiger partial charge in [0.2, 0.25) is 5.91 Å². The molecule has 4 rings (SSSR count). The number of fused-ring (bicyclic) bond motifs is 1. The van der Waals surface area contributed by atoms with Gasteiger partial charge in [0, 0.05) is 12.1 Å². The molecule has 6 heteroatoms. The molecule has 172 valence electrons. The van der Waals surface area contributed by atoms with Gasteiger partial charge < -0.3 is 21.5 Å². The fourth-order valence-electron chi connectivity index (χ4n) is 4.61. The number of phenols is 1. The summed E-state index contributed by atoms with van der Waals surface area (Å²) >= 11 is 0. The number of aromatic hydroxyl groups is 1. The van der Waals surface area contributed by atoms with Crippen molar-refractivity contribution >= 4 is 11.6 Å². The number of hydrogen-bond donors (Lipinski definition) is 4. The highest BCUT2D eigenvalue weighted by Crippen LogP contribution is 2.34. The summed E-state index contributed by atoms with van der Waals surface area (Å²) in [4.78, 5) is 13.0. The molecular weight excluding hydrogens is 417 g/mol. The number of rotatable bonds is 6. The summed E-state index contributed by atoms with van der Waals surface area (Å²) in [5, 5.41) is 15.9.